The van der Waals surface area contributed by atoms with Crippen molar-refractivity contribution >= 4 is 33.6 Å². The van der Waals surface area contributed by atoms with E-state index in [0.29, 0.717) is 12.3 Å². The smallest absolute Gasteiger partial charge is 0.232 e. The fraction of sp³-hybridized carbons (Fsp3) is 0.562. The number of hydrogen-bond donors (Lipinski definition) is 1. The second kappa shape index (κ2) is 7.16. The average Bonchev–Trinajstić information content (AvgIpc) is 2.83. The third kappa shape index (κ3) is 4.73. The zero-order valence-electron chi connectivity index (χ0n) is 12.6. The Morgan fingerprint density at radius 2 is 2.10 bits per heavy atom. The second-order valence-electron chi connectivity index (χ2n) is 5.88. The summed E-state index contributed by atoms with van der Waals surface area (Å²) in [5.41, 5.74) is 0.502. The average molecular weight is 372 g/mol. The number of benzene rings is 1. The summed E-state index contributed by atoms with van der Waals surface area (Å²) >= 11 is 5.00. The lowest BCUT2D eigenvalue weighted by Crippen LogP contribution is -2.42. The SMILES string of the molecule is Cc1cc(Br)ccc1SCC(=O)N(C)CC1(O)CCCC1. The van der Waals surface area contributed by atoms with Crippen molar-refractivity contribution in [2.24, 2.45) is 0 Å². The van der Waals surface area contributed by atoms with E-state index in [1.54, 1.807) is 23.7 Å². The van der Waals surface area contributed by atoms with Gasteiger partial charge < -0.3 is 10.0 Å². The van der Waals surface area contributed by atoms with Gasteiger partial charge >= 0.3 is 0 Å². The van der Waals surface area contributed by atoms with Gasteiger partial charge in [-0.3, -0.25) is 4.79 Å². The summed E-state index contributed by atoms with van der Waals surface area (Å²) in [5.74, 6) is 0.484. The third-order valence-corrected chi connectivity index (χ3v) is 5.63. The molecular weight excluding hydrogens is 350 g/mol. The van der Waals surface area contributed by atoms with Crippen molar-refractivity contribution in [2.45, 2.75) is 43.1 Å². The van der Waals surface area contributed by atoms with Crippen LogP contribution in [0.2, 0.25) is 0 Å². The quantitative estimate of drug-likeness (QED) is 0.803. The van der Waals surface area contributed by atoms with E-state index >= 15 is 0 Å². The highest BCUT2D eigenvalue weighted by Crippen LogP contribution is 2.30. The molecule has 2 rings (SSSR count). The molecule has 3 nitrogen and oxygen atoms in total. The summed E-state index contributed by atoms with van der Waals surface area (Å²) in [6.45, 7) is 2.49. The van der Waals surface area contributed by atoms with E-state index in [1.807, 2.05) is 19.1 Å². The van der Waals surface area contributed by atoms with Gasteiger partial charge in [0, 0.05) is 23.0 Å². The molecule has 0 unspecified atom stereocenters. The van der Waals surface area contributed by atoms with Crippen LogP contribution < -0.4 is 0 Å². The summed E-state index contributed by atoms with van der Waals surface area (Å²) in [7, 11) is 1.79. The van der Waals surface area contributed by atoms with Gasteiger partial charge in [0.15, 0.2) is 0 Å². The molecule has 1 fully saturated rings. The molecule has 1 aromatic rings. The van der Waals surface area contributed by atoms with Crippen molar-refractivity contribution in [3.05, 3.63) is 28.2 Å². The molecule has 0 bridgehead atoms. The van der Waals surface area contributed by atoms with E-state index in [2.05, 4.69) is 22.0 Å². The van der Waals surface area contributed by atoms with E-state index in [0.717, 1.165) is 35.1 Å². The number of nitrogens with zero attached hydrogens (tertiary/aromatic N) is 1. The van der Waals surface area contributed by atoms with Crippen LogP contribution in [0.15, 0.2) is 27.6 Å². The van der Waals surface area contributed by atoms with Crippen molar-refractivity contribution in [2.75, 3.05) is 19.3 Å². The molecular formula is C16H22BrNO2S. The van der Waals surface area contributed by atoms with Gasteiger partial charge in [-0.15, -0.1) is 11.8 Å². The number of thioether (sulfide) groups is 1. The van der Waals surface area contributed by atoms with Gasteiger partial charge in [0.1, 0.15) is 0 Å². The Kier molecular flexibility index (Phi) is 5.74. The standard InChI is InChI=1S/C16H22BrNO2S/c1-12-9-13(17)5-6-14(12)21-10-15(19)18(2)11-16(20)7-3-4-8-16/h5-6,9,20H,3-4,7-8,10-11H2,1-2H3. The van der Waals surface area contributed by atoms with E-state index in [1.165, 1.54) is 5.56 Å². The molecule has 0 aliphatic heterocycles. The highest BCUT2D eigenvalue weighted by Gasteiger charge is 2.33. The molecule has 1 aliphatic carbocycles. The highest BCUT2D eigenvalue weighted by molar-refractivity contribution is 9.10. The van der Waals surface area contributed by atoms with Crippen LogP contribution in [0.5, 0.6) is 0 Å². The molecule has 1 N–H and O–H groups in total. The first-order chi connectivity index (χ1) is 9.89. The van der Waals surface area contributed by atoms with Gasteiger partial charge in [0.05, 0.1) is 11.4 Å². The number of aliphatic hydroxyl groups is 1. The normalized spacial score (nSPS) is 17.0. The molecule has 0 saturated heterocycles. The van der Waals surface area contributed by atoms with Crippen LogP contribution in [-0.2, 0) is 4.79 Å². The zero-order valence-corrected chi connectivity index (χ0v) is 15.0. The Balaban J connectivity index is 1.86. The monoisotopic (exact) mass is 371 g/mol. The predicted octanol–water partition coefficient (Wildman–Crippen LogP) is 3.61. The summed E-state index contributed by atoms with van der Waals surface area (Å²) in [5, 5.41) is 10.4. The molecule has 0 heterocycles. The van der Waals surface area contributed by atoms with Gasteiger partial charge in [-0.25, -0.2) is 0 Å². The Labute approximate surface area is 139 Å². The lowest BCUT2D eigenvalue weighted by atomic mass is 10.0. The minimum absolute atomic E-state index is 0.0719. The van der Waals surface area contributed by atoms with Crippen molar-refractivity contribution in [1.29, 1.82) is 0 Å². The number of amides is 1. The van der Waals surface area contributed by atoms with Crippen LogP contribution in [0, 0.1) is 6.92 Å². The van der Waals surface area contributed by atoms with Crippen LogP contribution in [0.4, 0.5) is 0 Å². The van der Waals surface area contributed by atoms with Crippen molar-refractivity contribution in [3.63, 3.8) is 0 Å². The van der Waals surface area contributed by atoms with E-state index in [4.69, 9.17) is 0 Å². The fourth-order valence-electron chi connectivity index (χ4n) is 2.75. The van der Waals surface area contributed by atoms with Crippen LogP contribution in [-0.4, -0.2) is 40.9 Å². The highest BCUT2D eigenvalue weighted by atomic mass is 79.9. The number of carbonyl (C=O) groups is 1. The first-order valence-corrected chi connectivity index (χ1v) is 9.03. The first kappa shape index (κ1) is 16.8. The summed E-state index contributed by atoms with van der Waals surface area (Å²) in [4.78, 5) is 15.0. The molecule has 1 aromatic carbocycles. The van der Waals surface area contributed by atoms with E-state index in [9.17, 15) is 9.90 Å². The van der Waals surface area contributed by atoms with Crippen molar-refractivity contribution < 1.29 is 9.90 Å². The minimum atomic E-state index is -0.664. The van der Waals surface area contributed by atoms with Crippen LogP contribution >= 0.6 is 27.7 Å². The van der Waals surface area contributed by atoms with Gasteiger partial charge in [-0.1, -0.05) is 28.8 Å². The van der Waals surface area contributed by atoms with Gasteiger partial charge in [-0.2, -0.15) is 0 Å². The molecule has 5 heteroatoms. The third-order valence-electron chi connectivity index (χ3n) is 3.98. The van der Waals surface area contributed by atoms with Gasteiger partial charge in [0.25, 0.3) is 0 Å². The van der Waals surface area contributed by atoms with Crippen LogP contribution in [0.3, 0.4) is 0 Å². The maximum atomic E-state index is 12.2. The molecule has 0 aromatic heterocycles. The molecule has 0 radical (unpaired) electrons. The molecule has 0 atom stereocenters. The molecule has 21 heavy (non-hydrogen) atoms. The van der Waals surface area contributed by atoms with Crippen LogP contribution in [0.25, 0.3) is 0 Å². The number of likely N-dealkylation sites (N-methyl/N-ethyl adjacent to an activating group) is 1. The topological polar surface area (TPSA) is 40.5 Å². The minimum Gasteiger partial charge on any atom is -0.388 e. The van der Waals surface area contributed by atoms with Gasteiger partial charge in [0.2, 0.25) is 5.91 Å². The van der Waals surface area contributed by atoms with Gasteiger partial charge in [-0.05, 0) is 43.5 Å². The number of halogens is 1. The molecule has 116 valence electrons. The second-order valence-corrected chi connectivity index (χ2v) is 7.81. The maximum Gasteiger partial charge on any atom is 0.232 e. The lowest BCUT2D eigenvalue weighted by molar-refractivity contribution is -0.130. The predicted molar refractivity (Wildman–Crippen MR) is 90.7 cm³/mol. The first-order valence-electron chi connectivity index (χ1n) is 7.25. The van der Waals surface area contributed by atoms with Crippen molar-refractivity contribution in [3.8, 4) is 0 Å². The number of aryl methyl sites for hydroxylation is 1. The zero-order chi connectivity index (χ0) is 15.5. The molecule has 0 spiro atoms. The Morgan fingerprint density at radius 1 is 1.43 bits per heavy atom. The van der Waals surface area contributed by atoms with Crippen LogP contribution in [0.1, 0.15) is 31.2 Å². The number of hydrogen-bond acceptors (Lipinski definition) is 3. The lowest BCUT2D eigenvalue weighted by Gasteiger charge is -2.28. The summed E-state index contributed by atoms with van der Waals surface area (Å²) in [6, 6.07) is 6.07. The number of carbonyl (C=O) groups excluding carboxylic acids is 1. The molecule has 1 amide bonds. The largest absolute Gasteiger partial charge is 0.388 e. The van der Waals surface area contributed by atoms with E-state index in [-0.39, 0.29) is 5.91 Å². The Bertz CT molecular complexity index is 515. The van der Waals surface area contributed by atoms with Crippen molar-refractivity contribution in [1.82, 2.24) is 4.90 Å². The summed E-state index contributed by atoms with van der Waals surface area (Å²) in [6.07, 6.45) is 3.74. The summed E-state index contributed by atoms with van der Waals surface area (Å²) < 4.78 is 1.05. The molecule has 1 saturated carbocycles. The van der Waals surface area contributed by atoms with E-state index < -0.39 is 5.60 Å². The molecule has 1 aliphatic rings. The Hall–Kier alpha value is -0.520. The Morgan fingerprint density at radius 3 is 2.71 bits per heavy atom. The number of rotatable bonds is 5. The fourth-order valence-corrected chi connectivity index (χ4v) is 4.17. The maximum absolute atomic E-state index is 12.2.